The van der Waals surface area contributed by atoms with E-state index in [1.165, 1.54) is 12.8 Å². The van der Waals surface area contributed by atoms with E-state index in [-0.39, 0.29) is 5.91 Å². The summed E-state index contributed by atoms with van der Waals surface area (Å²) in [6.07, 6.45) is 4.71. The summed E-state index contributed by atoms with van der Waals surface area (Å²) in [6, 6.07) is 7.44. The number of hydrogen-bond donors (Lipinski definition) is 2. The van der Waals surface area contributed by atoms with Crippen LogP contribution in [0.3, 0.4) is 0 Å². The number of thiocarbonyl (C=S) groups is 1. The summed E-state index contributed by atoms with van der Waals surface area (Å²) >= 11 is 5.17. The van der Waals surface area contributed by atoms with Crippen molar-refractivity contribution < 1.29 is 9.53 Å². The molecule has 108 valence electrons. The topological polar surface area (TPSA) is 50.4 Å². The van der Waals surface area contributed by atoms with Crippen LogP contribution < -0.4 is 15.4 Å². The third-order valence-electron chi connectivity index (χ3n) is 3.34. The first-order chi connectivity index (χ1) is 9.69. The summed E-state index contributed by atoms with van der Waals surface area (Å²) in [5.74, 6) is 0.569. The maximum Gasteiger partial charge on any atom is 0.257 e. The molecule has 2 rings (SSSR count). The van der Waals surface area contributed by atoms with Gasteiger partial charge in [-0.05, 0) is 56.2 Å². The summed E-state index contributed by atoms with van der Waals surface area (Å²) in [5.41, 5.74) is 0.573. The first-order valence-electron chi connectivity index (χ1n) is 7.03. The molecule has 0 heterocycles. The van der Waals surface area contributed by atoms with Gasteiger partial charge in [0.05, 0.1) is 6.61 Å². The van der Waals surface area contributed by atoms with Crippen LogP contribution in [0, 0.1) is 0 Å². The molecule has 0 saturated heterocycles. The number of benzene rings is 1. The minimum Gasteiger partial charge on any atom is -0.494 e. The molecule has 5 heteroatoms. The number of amides is 1. The van der Waals surface area contributed by atoms with Gasteiger partial charge in [0.1, 0.15) is 5.75 Å². The van der Waals surface area contributed by atoms with Crippen molar-refractivity contribution in [1.82, 2.24) is 10.6 Å². The van der Waals surface area contributed by atoms with Crippen molar-refractivity contribution in [2.45, 2.75) is 38.6 Å². The molecule has 0 atom stereocenters. The summed E-state index contributed by atoms with van der Waals surface area (Å²) < 4.78 is 5.34. The largest absolute Gasteiger partial charge is 0.494 e. The second kappa shape index (κ2) is 7.24. The minimum absolute atomic E-state index is 0.191. The number of hydrogen-bond acceptors (Lipinski definition) is 3. The Morgan fingerprint density at radius 2 is 1.95 bits per heavy atom. The lowest BCUT2D eigenvalue weighted by molar-refractivity contribution is 0.0976. The molecule has 20 heavy (non-hydrogen) atoms. The second-order valence-electron chi connectivity index (χ2n) is 4.87. The molecule has 2 N–H and O–H groups in total. The second-order valence-corrected chi connectivity index (χ2v) is 5.27. The fourth-order valence-corrected chi connectivity index (χ4v) is 2.60. The van der Waals surface area contributed by atoms with E-state index < -0.39 is 0 Å². The molecule has 0 aromatic heterocycles. The molecule has 1 saturated carbocycles. The van der Waals surface area contributed by atoms with Crippen LogP contribution in [0.2, 0.25) is 0 Å². The van der Waals surface area contributed by atoms with Crippen molar-refractivity contribution in [3.05, 3.63) is 29.8 Å². The SMILES string of the molecule is CCOc1ccc(C(=O)NC(=S)NC2CCCC2)cc1. The minimum atomic E-state index is -0.191. The highest BCUT2D eigenvalue weighted by molar-refractivity contribution is 7.80. The van der Waals surface area contributed by atoms with Crippen LogP contribution in [0.4, 0.5) is 0 Å². The summed E-state index contributed by atoms with van der Waals surface area (Å²) in [7, 11) is 0. The number of carbonyl (C=O) groups is 1. The average Bonchev–Trinajstić information content (AvgIpc) is 2.92. The third-order valence-corrected chi connectivity index (χ3v) is 3.56. The first-order valence-corrected chi connectivity index (χ1v) is 7.44. The quantitative estimate of drug-likeness (QED) is 0.838. The van der Waals surface area contributed by atoms with E-state index in [9.17, 15) is 4.79 Å². The monoisotopic (exact) mass is 292 g/mol. The normalized spacial score (nSPS) is 14.8. The van der Waals surface area contributed by atoms with Gasteiger partial charge in [0.15, 0.2) is 5.11 Å². The van der Waals surface area contributed by atoms with Gasteiger partial charge < -0.3 is 10.1 Å². The standard InChI is InChI=1S/C15H20N2O2S/c1-2-19-13-9-7-11(8-10-13)14(18)17-15(20)16-12-5-3-4-6-12/h7-10,12H,2-6H2,1H3,(H2,16,17,18,20). The van der Waals surface area contributed by atoms with E-state index in [0.29, 0.717) is 23.3 Å². The Kier molecular flexibility index (Phi) is 5.35. The van der Waals surface area contributed by atoms with Gasteiger partial charge in [-0.1, -0.05) is 12.8 Å². The van der Waals surface area contributed by atoms with Crippen LogP contribution in [0.1, 0.15) is 43.0 Å². The maximum absolute atomic E-state index is 12.0. The van der Waals surface area contributed by atoms with Crippen molar-refractivity contribution >= 4 is 23.2 Å². The summed E-state index contributed by atoms with van der Waals surface area (Å²) in [4.78, 5) is 12.0. The lowest BCUT2D eigenvalue weighted by atomic mass is 10.2. The molecule has 0 aliphatic heterocycles. The molecule has 1 aromatic carbocycles. The Bertz CT molecular complexity index is 467. The van der Waals surface area contributed by atoms with E-state index in [1.54, 1.807) is 24.3 Å². The van der Waals surface area contributed by atoms with Crippen molar-refractivity contribution in [3.63, 3.8) is 0 Å². The van der Waals surface area contributed by atoms with E-state index in [0.717, 1.165) is 18.6 Å². The Morgan fingerprint density at radius 1 is 1.30 bits per heavy atom. The molecular weight excluding hydrogens is 272 g/mol. The van der Waals surface area contributed by atoms with Crippen molar-refractivity contribution in [1.29, 1.82) is 0 Å². The first kappa shape index (κ1) is 14.8. The maximum atomic E-state index is 12.0. The van der Waals surface area contributed by atoms with Gasteiger partial charge in [-0.25, -0.2) is 0 Å². The number of carbonyl (C=O) groups excluding carboxylic acids is 1. The molecular formula is C15H20N2O2S. The van der Waals surface area contributed by atoms with Crippen LogP contribution in [-0.4, -0.2) is 23.7 Å². The van der Waals surface area contributed by atoms with Crippen LogP contribution in [0.5, 0.6) is 5.75 Å². The van der Waals surface area contributed by atoms with Crippen molar-refractivity contribution in [2.24, 2.45) is 0 Å². The Hall–Kier alpha value is -1.62. The summed E-state index contributed by atoms with van der Waals surface area (Å²) in [6.45, 7) is 2.54. The predicted octanol–water partition coefficient (Wildman–Crippen LogP) is 2.63. The zero-order chi connectivity index (χ0) is 14.4. The zero-order valence-electron chi connectivity index (χ0n) is 11.6. The average molecular weight is 292 g/mol. The fourth-order valence-electron chi connectivity index (χ4n) is 2.34. The predicted molar refractivity (Wildman–Crippen MR) is 83.1 cm³/mol. The molecule has 0 bridgehead atoms. The molecule has 0 unspecified atom stereocenters. The smallest absolute Gasteiger partial charge is 0.257 e. The number of nitrogens with one attached hydrogen (secondary N) is 2. The van der Waals surface area contributed by atoms with Crippen LogP contribution in [-0.2, 0) is 0 Å². The van der Waals surface area contributed by atoms with Gasteiger partial charge in [-0.15, -0.1) is 0 Å². The van der Waals surface area contributed by atoms with Crippen LogP contribution in [0.25, 0.3) is 0 Å². The molecule has 1 aliphatic rings. The summed E-state index contributed by atoms with van der Waals surface area (Å²) in [5, 5.41) is 6.31. The lowest BCUT2D eigenvalue weighted by Crippen LogP contribution is -2.43. The highest BCUT2D eigenvalue weighted by atomic mass is 32.1. The van der Waals surface area contributed by atoms with Crippen LogP contribution >= 0.6 is 12.2 Å². The lowest BCUT2D eigenvalue weighted by Gasteiger charge is -2.15. The highest BCUT2D eigenvalue weighted by Gasteiger charge is 2.16. The number of ether oxygens (including phenoxy) is 1. The van der Waals surface area contributed by atoms with Gasteiger partial charge in [0.25, 0.3) is 5.91 Å². The molecule has 1 amide bonds. The van der Waals surface area contributed by atoms with E-state index in [1.807, 2.05) is 6.92 Å². The molecule has 0 radical (unpaired) electrons. The van der Waals surface area contributed by atoms with E-state index >= 15 is 0 Å². The fraction of sp³-hybridized carbons (Fsp3) is 0.467. The van der Waals surface area contributed by atoms with Gasteiger partial charge in [-0.3, -0.25) is 10.1 Å². The Balaban J connectivity index is 1.85. The van der Waals surface area contributed by atoms with Gasteiger partial charge in [-0.2, -0.15) is 0 Å². The molecule has 1 aliphatic carbocycles. The third kappa shape index (κ3) is 4.20. The molecule has 0 spiro atoms. The van der Waals surface area contributed by atoms with E-state index in [2.05, 4.69) is 10.6 Å². The highest BCUT2D eigenvalue weighted by Crippen LogP contribution is 2.17. The number of rotatable bonds is 4. The molecule has 1 aromatic rings. The van der Waals surface area contributed by atoms with Crippen LogP contribution in [0.15, 0.2) is 24.3 Å². The van der Waals surface area contributed by atoms with Gasteiger partial charge in [0.2, 0.25) is 0 Å². The van der Waals surface area contributed by atoms with Crippen molar-refractivity contribution in [2.75, 3.05) is 6.61 Å². The van der Waals surface area contributed by atoms with Crippen molar-refractivity contribution in [3.8, 4) is 5.75 Å². The Labute approximate surface area is 124 Å². The van der Waals surface area contributed by atoms with E-state index in [4.69, 9.17) is 17.0 Å². The molecule has 4 nitrogen and oxygen atoms in total. The molecule has 1 fully saturated rings. The van der Waals surface area contributed by atoms with Gasteiger partial charge in [0, 0.05) is 11.6 Å². The zero-order valence-corrected chi connectivity index (χ0v) is 12.5. The Morgan fingerprint density at radius 3 is 2.55 bits per heavy atom. The van der Waals surface area contributed by atoms with Gasteiger partial charge >= 0.3 is 0 Å².